The van der Waals surface area contributed by atoms with Crippen LogP contribution in [0.2, 0.25) is 0 Å². The van der Waals surface area contributed by atoms with Crippen molar-refractivity contribution in [3.05, 3.63) is 88.9 Å². The molecule has 2 aromatic carbocycles. The van der Waals surface area contributed by atoms with Crippen LogP contribution in [0, 0.1) is 0 Å². The van der Waals surface area contributed by atoms with E-state index in [-0.39, 0.29) is 5.91 Å². The Hall–Kier alpha value is -3.84. The van der Waals surface area contributed by atoms with Gasteiger partial charge in [0.1, 0.15) is 10.6 Å². The fourth-order valence-corrected chi connectivity index (χ4v) is 4.10. The molecule has 2 aromatic heterocycles. The van der Waals surface area contributed by atoms with Gasteiger partial charge in [0.2, 0.25) is 5.91 Å². The number of primary amides is 1. The van der Waals surface area contributed by atoms with Gasteiger partial charge in [-0.25, -0.2) is 0 Å². The lowest BCUT2D eigenvalue weighted by Gasteiger charge is -2.11. The summed E-state index contributed by atoms with van der Waals surface area (Å²) in [6.45, 7) is 0. The maximum atomic E-state index is 13.1. The van der Waals surface area contributed by atoms with Gasteiger partial charge in [0.05, 0.1) is 12.8 Å². The maximum absolute atomic E-state index is 13.1. The minimum Gasteiger partial charge on any atom is -0.497 e. The highest BCUT2D eigenvalue weighted by Gasteiger charge is 2.20. The van der Waals surface area contributed by atoms with Crippen molar-refractivity contribution < 1.29 is 14.3 Å². The van der Waals surface area contributed by atoms with Gasteiger partial charge in [0, 0.05) is 34.6 Å². The molecule has 0 radical (unpaired) electrons. The molecule has 2 amide bonds. The molecule has 30 heavy (non-hydrogen) atoms. The third-order valence-corrected chi connectivity index (χ3v) is 5.63. The molecule has 0 saturated heterocycles. The molecule has 0 unspecified atom stereocenters. The van der Waals surface area contributed by atoms with E-state index in [1.54, 1.807) is 31.4 Å². The number of methoxy groups -OCH3 is 1. The van der Waals surface area contributed by atoms with E-state index >= 15 is 0 Å². The molecule has 150 valence electrons. The van der Waals surface area contributed by atoms with Crippen LogP contribution in [0.5, 0.6) is 5.75 Å². The fraction of sp³-hybridized carbons (Fsp3) is 0.0435. The number of hydrogen-bond acceptors (Lipinski definition) is 4. The first-order chi connectivity index (χ1) is 14.6. The number of carbonyl (C=O) groups excluding carboxylic acids is 2. The second-order valence-electron chi connectivity index (χ2n) is 6.54. The Labute approximate surface area is 177 Å². The first-order valence-corrected chi connectivity index (χ1v) is 10.1. The molecule has 0 fully saturated rings. The predicted octanol–water partition coefficient (Wildman–Crippen LogP) is 4.57. The summed E-state index contributed by atoms with van der Waals surface area (Å²) in [5.74, 6) is 0.0364. The monoisotopic (exact) mass is 417 g/mol. The molecular weight excluding hydrogens is 398 g/mol. The van der Waals surface area contributed by atoms with Crippen LogP contribution in [0.1, 0.15) is 20.0 Å². The number of nitrogens with zero attached hydrogens (tertiary/aromatic N) is 1. The van der Waals surface area contributed by atoms with E-state index in [2.05, 4.69) is 5.32 Å². The molecule has 6 nitrogen and oxygen atoms in total. The van der Waals surface area contributed by atoms with E-state index in [9.17, 15) is 9.59 Å². The summed E-state index contributed by atoms with van der Waals surface area (Å²) in [6, 6.07) is 18.1. The number of hydrogen-bond donors (Lipinski definition) is 2. The molecule has 4 rings (SSSR count). The summed E-state index contributed by atoms with van der Waals surface area (Å²) in [5.41, 5.74) is 8.99. The largest absolute Gasteiger partial charge is 0.497 e. The van der Waals surface area contributed by atoms with E-state index in [0.29, 0.717) is 16.1 Å². The Morgan fingerprint density at radius 1 is 1.00 bits per heavy atom. The molecular formula is C23H19N3O3S. The smallest absolute Gasteiger partial charge is 0.267 e. The van der Waals surface area contributed by atoms with Gasteiger partial charge in [-0.15, -0.1) is 11.3 Å². The lowest BCUT2D eigenvalue weighted by atomic mass is 10.1. The maximum Gasteiger partial charge on any atom is 0.267 e. The Morgan fingerprint density at radius 2 is 1.67 bits per heavy atom. The Balaban J connectivity index is 1.69. The topological polar surface area (TPSA) is 86.3 Å². The summed E-state index contributed by atoms with van der Waals surface area (Å²) in [6.07, 6.45) is 3.82. The molecule has 3 N–H and O–H groups in total. The Bertz CT molecular complexity index is 1180. The number of nitrogens with one attached hydrogen (secondary N) is 1. The molecule has 0 atom stereocenters. The average Bonchev–Trinajstić information content (AvgIpc) is 3.44. The highest BCUT2D eigenvalue weighted by Crippen LogP contribution is 2.36. The zero-order chi connectivity index (χ0) is 21.1. The number of nitrogens with two attached hydrogens (primary N) is 1. The van der Waals surface area contributed by atoms with Crippen molar-refractivity contribution in [1.29, 1.82) is 0 Å². The Kier molecular flexibility index (Phi) is 5.36. The number of rotatable bonds is 6. The number of aromatic nitrogens is 1. The van der Waals surface area contributed by atoms with Gasteiger partial charge in [0.15, 0.2) is 0 Å². The Morgan fingerprint density at radius 3 is 2.27 bits per heavy atom. The molecule has 0 aliphatic rings. The molecule has 4 aromatic rings. The second kappa shape index (κ2) is 8.26. The van der Waals surface area contributed by atoms with Crippen molar-refractivity contribution in [3.8, 4) is 22.6 Å². The van der Waals surface area contributed by atoms with E-state index < -0.39 is 5.91 Å². The van der Waals surface area contributed by atoms with Crippen molar-refractivity contribution in [1.82, 2.24) is 4.57 Å². The molecule has 0 saturated carbocycles. The number of amides is 2. The predicted molar refractivity (Wildman–Crippen MR) is 119 cm³/mol. The number of ether oxygens (including phenoxy) is 1. The molecule has 0 aliphatic carbocycles. The first kappa shape index (κ1) is 19.5. The van der Waals surface area contributed by atoms with Gasteiger partial charge >= 0.3 is 0 Å². The van der Waals surface area contributed by atoms with Crippen LogP contribution in [0.15, 0.2) is 78.4 Å². The van der Waals surface area contributed by atoms with Crippen LogP contribution in [-0.2, 0) is 0 Å². The molecule has 0 spiro atoms. The van der Waals surface area contributed by atoms with Crippen molar-refractivity contribution in [2.75, 3.05) is 12.4 Å². The van der Waals surface area contributed by atoms with E-state index in [0.717, 1.165) is 22.6 Å². The SMILES string of the molecule is COc1ccc(-c2csc(C(=O)Nc3ccc(C(N)=O)cc3)c2-n2cccc2)cc1. The van der Waals surface area contributed by atoms with Crippen LogP contribution < -0.4 is 15.8 Å². The quantitative estimate of drug-likeness (QED) is 0.482. The molecule has 0 bridgehead atoms. The van der Waals surface area contributed by atoms with Gasteiger partial charge in [-0.2, -0.15) is 0 Å². The van der Waals surface area contributed by atoms with Crippen LogP contribution in [0.3, 0.4) is 0 Å². The summed E-state index contributed by atoms with van der Waals surface area (Å²) >= 11 is 1.38. The van der Waals surface area contributed by atoms with E-state index in [4.69, 9.17) is 10.5 Å². The molecule has 2 heterocycles. The van der Waals surface area contributed by atoms with Gasteiger partial charge in [-0.1, -0.05) is 12.1 Å². The summed E-state index contributed by atoms with van der Waals surface area (Å²) in [7, 11) is 1.63. The lowest BCUT2D eigenvalue weighted by molar-refractivity contribution is 0.0998. The minimum atomic E-state index is -0.509. The number of anilines is 1. The summed E-state index contributed by atoms with van der Waals surface area (Å²) in [4.78, 5) is 24.9. The van der Waals surface area contributed by atoms with Crippen molar-refractivity contribution in [2.24, 2.45) is 5.73 Å². The minimum absolute atomic E-state index is 0.227. The fourth-order valence-electron chi connectivity index (χ4n) is 3.13. The van der Waals surface area contributed by atoms with E-state index in [1.165, 1.54) is 11.3 Å². The number of thiophene rings is 1. The van der Waals surface area contributed by atoms with Gasteiger partial charge in [-0.3, -0.25) is 9.59 Å². The highest BCUT2D eigenvalue weighted by molar-refractivity contribution is 7.13. The lowest BCUT2D eigenvalue weighted by Crippen LogP contribution is -2.14. The van der Waals surface area contributed by atoms with Crippen LogP contribution in [0.25, 0.3) is 16.8 Å². The summed E-state index contributed by atoms with van der Waals surface area (Å²) < 4.78 is 7.18. The standard InChI is InChI=1S/C23H19N3O3S/c1-29-18-10-6-15(7-11-18)19-14-30-21(20(19)26-12-2-3-13-26)23(28)25-17-8-4-16(5-9-17)22(24)27/h2-14H,1H3,(H2,24,27)(H,25,28). The van der Waals surface area contributed by atoms with Gasteiger partial charge in [0.25, 0.3) is 5.91 Å². The van der Waals surface area contributed by atoms with Crippen LogP contribution >= 0.6 is 11.3 Å². The van der Waals surface area contributed by atoms with Crippen molar-refractivity contribution in [3.63, 3.8) is 0 Å². The van der Waals surface area contributed by atoms with Crippen molar-refractivity contribution in [2.45, 2.75) is 0 Å². The normalized spacial score (nSPS) is 10.6. The van der Waals surface area contributed by atoms with Crippen LogP contribution in [0.4, 0.5) is 5.69 Å². The first-order valence-electron chi connectivity index (χ1n) is 9.17. The van der Waals surface area contributed by atoms with Crippen molar-refractivity contribution >= 4 is 28.8 Å². The number of carbonyl (C=O) groups is 2. The highest BCUT2D eigenvalue weighted by atomic mass is 32.1. The molecule has 7 heteroatoms. The second-order valence-corrected chi connectivity index (χ2v) is 7.42. The zero-order valence-corrected chi connectivity index (χ0v) is 17.0. The van der Waals surface area contributed by atoms with E-state index in [1.807, 2.05) is 58.7 Å². The van der Waals surface area contributed by atoms with Gasteiger partial charge < -0.3 is 20.4 Å². The molecule has 0 aliphatic heterocycles. The summed E-state index contributed by atoms with van der Waals surface area (Å²) in [5, 5.41) is 4.87. The third kappa shape index (κ3) is 3.83. The number of benzene rings is 2. The third-order valence-electron chi connectivity index (χ3n) is 4.66. The van der Waals surface area contributed by atoms with Gasteiger partial charge in [-0.05, 0) is 54.1 Å². The zero-order valence-electron chi connectivity index (χ0n) is 16.2. The van der Waals surface area contributed by atoms with Crippen LogP contribution in [-0.4, -0.2) is 23.5 Å². The average molecular weight is 417 g/mol.